The molecule has 0 spiro atoms. The first-order chi connectivity index (χ1) is 35.3. The molecule has 6 nitrogen and oxygen atoms in total. The van der Waals surface area contributed by atoms with Gasteiger partial charge in [-0.3, -0.25) is 0 Å². The van der Waals surface area contributed by atoms with Crippen LogP contribution in [0.25, 0.3) is 90.9 Å². The monoisotopic (exact) mass is 1000 g/mol. The number of aromatic amines is 2. The van der Waals surface area contributed by atoms with E-state index in [-0.39, 0.29) is 32.5 Å². The van der Waals surface area contributed by atoms with E-state index in [2.05, 4.69) is 244 Å². The predicted molar refractivity (Wildman–Crippen MR) is 322 cm³/mol. The molecule has 0 aliphatic carbocycles. The molecule has 76 heavy (non-hydrogen) atoms. The minimum Gasteiger partial charge on any atom is -0.354 e. The van der Waals surface area contributed by atoms with Gasteiger partial charge in [0, 0.05) is 49.9 Å². The maximum absolute atomic E-state index is 10.8. The highest BCUT2D eigenvalue weighted by Gasteiger charge is 2.28. The molecule has 2 aliphatic heterocycles. The van der Waals surface area contributed by atoms with Crippen molar-refractivity contribution in [3.8, 4) is 56.6 Å². The molecule has 386 valence electrons. The van der Waals surface area contributed by atoms with Crippen LogP contribution in [-0.4, -0.2) is 19.9 Å². The molecule has 2 N–H and O–H groups in total. The number of benzene rings is 4. The van der Waals surface area contributed by atoms with Crippen molar-refractivity contribution in [2.45, 2.75) is 157 Å². The van der Waals surface area contributed by atoms with Gasteiger partial charge in [-0.15, -0.1) is 0 Å². The summed E-state index contributed by atoms with van der Waals surface area (Å²) in [7, 11) is 0. The summed E-state index contributed by atoms with van der Waals surface area (Å²) in [6.07, 6.45) is 8.49. The number of nitrogens with one attached hydrogen (secondary N) is 2. The van der Waals surface area contributed by atoms with E-state index in [1.165, 1.54) is 33.4 Å². The first-order valence-corrected chi connectivity index (χ1v) is 26.9. The van der Waals surface area contributed by atoms with Crippen molar-refractivity contribution in [1.29, 1.82) is 10.5 Å². The molecule has 0 saturated heterocycles. The fourth-order valence-corrected chi connectivity index (χ4v) is 10.3. The zero-order chi connectivity index (χ0) is 55.2. The van der Waals surface area contributed by atoms with Crippen LogP contribution in [0.5, 0.6) is 0 Å². The lowest BCUT2D eigenvalue weighted by atomic mass is 9.78. The third-order valence-corrected chi connectivity index (χ3v) is 15.2. The van der Waals surface area contributed by atoms with Crippen molar-refractivity contribution in [3.63, 3.8) is 0 Å². The van der Waals surface area contributed by atoms with E-state index in [1.54, 1.807) is 18.2 Å². The van der Waals surface area contributed by atoms with Gasteiger partial charge in [0.2, 0.25) is 0 Å². The van der Waals surface area contributed by atoms with Crippen LogP contribution in [0.2, 0.25) is 0 Å². The zero-order valence-corrected chi connectivity index (χ0v) is 48.3. The SMILES string of the molecule is CC(C)(C)c1cc(-c2c3nc(c(-c4cc(C(C)(C)C)cc(C(C)(C)C)c4)c4ccc([nH]4)c(-c4c(C#N)cccc4C#N)c4nc(c(-c5cc(C(C)(C)C)cc(C(C)(C)C)c5)c5ccc2[nH]5)C=C4)C=C3)cc(C(C)(C)C)c1. The Morgan fingerprint density at radius 3 is 0.789 bits per heavy atom. The molecule has 0 fully saturated rings. The predicted octanol–water partition coefficient (Wildman–Crippen LogP) is 18.9. The third kappa shape index (κ3) is 10.3. The summed E-state index contributed by atoms with van der Waals surface area (Å²) in [6.45, 7) is 41.0. The lowest BCUT2D eigenvalue weighted by Crippen LogP contribution is -2.16. The van der Waals surface area contributed by atoms with Crippen LogP contribution in [0.3, 0.4) is 0 Å². The van der Waals surface area contributed by atoms with Crippen molar-refractivity contribution in [1.82, 2.24) is 19.9 Å². The fraction of sp³-hybridized carbons (Fsp3) is 0.343. The highest BCUT2D eigenvalue weighted by molar-refractivity contribution is 6.01. The number of H-pyrrole nitrogens is 2. The van der Waals surface area contributed by atoms with Gasteiger partial charge in [0.05, 0.1) is 46.0 Å². The lowest BCUT2D eigenvalue weighted by Gasteiger charge is -2.26. The highest BCUT2D eigenvalue weighted by Crippen LogP contribution is 2.44. The van der Waals surface area contributed by atoms with Crippen molar-refractivity contribution in [2.75, 3.05) is 0 Å². The van der Waals surface area contributed by atoms with E-state index < -0.39 is 0 Å². The molecule has 0 amide bonds. The molecule has 0 saturated carbocycles. The van der Waals surface area contributed by atoms with Gasteiger partial charge in [-0.1, -0.05) is 185 Å². The second kappa shape index (κ2) is 18.6. The average molecular weight is 1000 g/mol. The largest absolute Gasteiger partial charge is 0.354 e. The molecular weight excluding hydrogens is 925 g/mol. The molecule has 3 aromatic heterocycles. The molecule has 9 rings (SSSR count). The third-order valence-electron chi connectivity index (χ3n) is 15.2. The average Bonchev–Trinajstić information content (AvgIpc) is 4.23. The first-order valence-electron chi connectivity index (χ1n) is 26.9. The van der Waals surface area contributed by atoms with Crippen LogP contribution >= 0.6 is 0 Å². The van der Waals surface area contributed by atoms with Gasteiger partial charge < -0.3 is 9.97 Å². The number of nitriles is 2. The summed E-state index contributed by atoms with van der Waals surface area (Å²) in [6, 6.07) is 40.0. The van der Waals surface area contributed by atoms with Crippen LogP contribution in [0.1, 0.15) is 192 Å². The molecule has 0 unspecified atom stereocenters. The van der Waals surface area contributed by atoms with Crippen LogP contribution < -0.4 is 0 Å². The Labute approximate surface area is 452 Å². The normalized spacial score (nSPS) is 13.3. The van der Waals surface area contributed by atoms with Crippen molar-refractivity contribution < 1.29 is 0 Å². The zero-order valence-electron chi connectivity index (χ0n) is 48.3. The Hall–Kier alpha value is -7.54. The van der Waals surface area contributed by atoms with Crippen LogP contribution in [0.4, 0.5) is 0 Å². The van der Waals surface area contributed by atoms with E-state index in [0.29, 0.717) is 27.9 Å². The molecule has 5 heterocycles. The van der Waals surface area contributed by atoms with Crippen LogP contribution in [0.15, 0.2) is 97.1 Å². The topological polar surface area (TPSA) is 105 Å². The minimum absolute atomic E-state index is 0.127. The summed E-state index contributed by atoms with van der Waals surface area (Å²) in [4.78, 5) is 19.3. The molecule has 0 atom stereocenters. The van der Waals surface area contributed by atoms with Gasteiger partial charge in [0.15, 0.2) is 0 Å². The van der Waals surface area contributed by atoms with E-state index in [9.17, 15) is 10.5 Å². The maximum atomic E-state index is 10.8. The van der Waals surface area contributed by atoms with Gasteiger partial charge in [-0.2, -0.15) is 10.5 Å². The Morgan fingerprint density at radius 1 is 0.316 bits per heavy atom. The Morgan fingerprint density at radius 2 is 0.553 bits per heavy atom. The molecule has 7 aromatic rings. The lowest BCUT2D eigenvalue weighted by molar-refractivity contribution is 0.568. The maximum Gasteiger partial charge on any atom is 0.0998 e. The van der Waals surface area contributed by atoms with E-state index in [4.69, 9.17) is 9.97 Å². The van der Waals surface area contributed by atoms with E-state index in [1.807, 2.05) is 6.08 Å². The number of fused-ring (bicyclic) bond motifs is 8. The number of rotatable bonds is 4. The van der Waals surface area contributed by atoms with Crippen molar-refractivity contribution in [3.05, 3.63) is 164 Å². The standard InChI is InChI=1S/C70H76N6/c1-65(2,3)46-30-43(31-47(36-46)66(4,5)6)61-52-22-24-54(73-52)62(44-32-48(67(7,8)9)37-49(33-44)68(10,11)12)56-26-28-58(75-56)64(60-41(39-71)20-19-21-42(60)40-72)59-29-27-57(76-59)63(55-25-23-53(61)74-55)45-34-50(69(13,14)15)38-51(35-45)70(16,17)18/h19-38,73,76H,1-18H3. The number of hydrogen-bond acceptors (Lipinski definition) is 4. The van der Waals surface area contributed by atoms with E-state index in [0.717, 1.165) is 72.5 Å². The summed E-state index contributed by atoms with van der Waals surface area (Å²) in [5.74, 6) is 0. The van der Waals surface area contributed by atoms with Gasteiger partial charge in [-0.25, -0.2) is 9.97 Å². The smallest absolute Gasteiger partial charge is 0.0998 e. The van der Waals surface area contributed by atoms with E-state index >= 15 is 0 Å². The van der Waals surface area contributed by atoms with Gasteiger partial charge in [0.1, 0.15) is 0 Å². The Balaban J connectivity index is 1.56. The second-order valence-electron chi connectivity index (χ2n) is 27.4. The van der Waals surface area contributed by atoms with Crippen molar-refractivity contribution in [2.24, 2.45) is 0 Å². The van der Waals surface area contributed by atoms with Gasteiger partial charge in [-0.05, 0) is 143 Å². The van der Waals surface area contributed by atoms with Crippen LogP contribution in [0, 0.1) is 22.7 Å². The van der Waals surface area contributed by atoms with Crippen molar-refractivity contribution >= 4 is 46.4 Å². The molecule has 8 bridgehead atoms. The number of aromatic nitrogens is 4. The van der Waals surface area contributed by atoms with Crippen LogP contribution in [-0.2, 0) is 32.5 Å². The summed E-state index contributed by atoms with van der Waals surface area (Å²) < 4.78 is 0. The Bertz CT molecular complexity index is 3620. The summed E-state index contributed by atoms with van der Waals surface area (Å²) >= 11 is 0. The molecular formula is C70H76N6. The molecule has 0 radical (unpaired) electrons. The minimum atomic E-state index is -0.148. The summed E-state index contributed by atoms with van der Waals surface area (Å²) in [5.41, 5.74) is 21.1. The number of nitrogens with zero attached hydrogens (tertiary/aromatic N) is 4. The number of hydrogen-bond donors (Lipinski definition) is 2. The molecule has 4 aromatic carbocycles. The van der Waals surface area contributed by atoms with Gasteiger partial charge in [0.25, 0.3) is 0 Å². The fourth-order valence-electron chi connectivity index (χ4n) is 10.3. The highest BCUT2D eigenvalue weighted by atomic mass is 14.8. The molecule has 2 aliphatic rings. The quantitative estimate of drug-likeness (QED) is 0.183. The Kier molecular flexibility index (Phi) is 13.1. The summed E-state index contributed by atoms with van der Waals surface area (Å²) in [5, 5.41) is 21.6. The van der Waals surface area contributed by atoms with Gasteiger partial charge >= 0.3 is 0 Å². The molecule has 6 heteroatoms. The second-order valence-corrected chi connectivity index (χ2v) is 27.4. The first kappa shape index (κ1) is 53.3.